The second-order valence-corrected chi connectivity index (χ2v) is 4.51. The van der Waals surface area contributed by atoms with Crippen molar-refractivity contribution in [3.8, 4) is 0 Å². The Kier molecular flexibility index (Phi) is 3.52. The standard InChI is InChI=1S/C11H10FN3O2S/c1-6-5-18-8(15-6)4-14-10-9(12)7(11(16)17)2-3-13-10/h2-3,5H,4H2,1H3,(H,13,14)(H,16,17). The Bertz CT molecular complexity index is 585. The van der Waals surface area contributed by atoms with Crippen LogP contribution in [-0.2, 0) is 6.54 Å². The quantitative estimate of drug-likeness (QED) is 0.889. The predicted octanol–water partition coefficient (Wildman–Crippen LogP) is 2.30. The summed E-state index contributed by atoms with van der Waals surface area (Å²) >= 11 is 1.44. The Morgan fingerprint density at radius 2 is 2.39 bits per heavy atom. The van der Waals surface area contributed by atoms with Crippen LogP contribution in [0.4, 0.5) is 10.2 Å². The number of carbonyl (C=O) groups is 1. The lowest BCUT2D eigenvalue weighted by Gasteiger charge is -2.06. The summed E-state index contributed by atoms with van der Waals surface area (Å²) < 4.78 is 13.7. The molecule has 2 aromatic heterocycles. The van der Waals surface area contributed by atoms with E-state index in [0.717, 1.165) is 16.8 Å². The number of thiazole rings is 1. The van der Waals surface area contributed by atoms with Gasteiger partial charge in [0, 0.05) is 17.3 Å². The molecule has 0 spiro atoms. The van der Waals surface area contributed by atoms with Crippen LogP contribution >= 0.6 is 11.3 Å². The van der Waals surface area contributed by atoms with E-state index in [-0.39, 0.29) is 5.82 Å². The van der Waals surface area contributed by atoms with Gasteiger partial charge in [-0.25, -0.2) is 19.2 Å². The molecule has 0 atom stereocenters. The number of nitrogens with zero attached hydrogens (tertiary/aromatic N) is 2. The van der Waals surface area contributed by atoms with Gasteiger partial charge < -0.3 is 10.4 Å². The minimum Gasteiger partial charge on any atom is -0.478 e. The number of pyridine rings is 1. The molecule has 0 saturated heterocycles. The summed E-state index contributed by atoms with van der Waals surface area (Å²) in [5.74, 6) is -2.26. The maximum atomic E-state index is 13.7. The normalized spacial score (nSPS) is 10.3. The largest absolute Gasteiger partial charge is 0.478 e. The van der Waals surface area contributed by atoms with Crippen LogP contribution in [-0.4, -0.2) is 21.0 Å². The Morgan fingerprint density at radius 1 is 1.61 bits per heavy atom. The third kappa shape index (κ3) is 2.62. The van der Waals surface area contributed by atoms with Crippen LogP contribution in [0.2, 0.25) is 0 Å². The zero-order chi connectivity index (χ0) is 13.1. The molecule has 18 heavy (non-hydrogen) atoms. The van der Waals surface area contributed by atoms with Crippen LogP contribution in [0.25, 0.3) is 0 Å². The average molecular weight is 267 g/mol. The topological polar surface area (TPSA) is 75.1 Å². The van der Waals surface area contributed by atoms with Crippen molar-refractivity contribution in [1.82, 2.24) is 9.97 Å². The molecule has 0 bridgehead atoms. The highest BCUT2D eigenvalue weighted by Gasteiger charge is 2.14. The first-order valence-electron chi connectivity index (χ1n) is 5.10. The van der Waals surface area contributed by atoms with Crippen LogP contribution in [0.3, 0.4) is 0 Å². The second-order valence-electron chi connectivity index (χ2n) is 3.56. The zero-order valence-electron chi connectivity index (χ0n) is 9.48. The molecular weight excluding hydrogens is 257 g/mol. The number of carboxylic acids is 1. The molecule has 2 heterocycles. The first-order valence-corrected chi connectivity index (χ1v) is 5.98. The number of carboxylic acid groups (broad SMARTS) is 1. The molecule has 2 rings (SSSR count). The summed E-state index contributed by atoms with van der Waals surface area (Å²) in [5, 5.41) is 14.2. The number of nitrogens with one attached hydrogen (secondary N) is 1. The van der Waals surface area contributed by atoms with E-state index in [1.165, 1.54) is 17.5 Å². The van der Waals surface area contributed by atoms with Gasteiger partial charge >= 0.3 is 5.97 Å². The van der Waals surface area contributed by atoms with Gasteiger partial charge in [-0.05, 0) is 13.0 Å². The average Bonchev–Trinajstić information content (AvgIpc) is 2.73. The van der Waals surface area contributed by atoms with Crippen molar-refractivity contribution in [1.29, 1.82) is 0 Å². The lowest BCUT2D eigenvalue weighted by atomic mass is 10.2. The molecule has 94 valence electrons. The third-order valence-corrected chi connectivity index (χ3v) is 3.16. The molecule has 7 heteroatoms. The highest BCUT2D eigenvalue weighted by Crippen LogP contribution is 2.17. The first-order chi connectivity index (χ1) is 8.58. The summed E-state index contributed by atoms with van der Waals surface area (Å²) in [6.07, 6.45) is 1.25. The molecule has 0 radical (unpaired) electrons. The number of anilines is 1. The molecule has 5 nitrogen and oxygen atoms in total. The summed E-state index contributed by atoms with van der Waals surface area (Å²) in [7, 11) is 0. The monoisotopic (exact) mass is 267 g/mol. The molecule has 2 N–H and O–H groups in total. The number of aromatic carboxylic acids is 1. The highest BCUT2D eigenvalue weighted by molar-refractivity contribution is 7.09. The fraction of sp³-hybridized carbons (Fsp3) is 0.182. The van der Waals surface area contributed by atoms with Crippen molar-refractivity contribution < 1.29 is 14.3 Å². The molecule has 0 fully saturated rings. The van der Waals surface area contributed by atoms with Gasteiger partial charge in [0.2, 0.25) is 0 Å². The number of aromatic nitrogens is 2. The van der Waals surface area contributed by atoms with Crippen LogP contribution < -0.4 is 5.32 Å². The molecule has 0 aliphatic rings. The van der Waals surface area contributed by atoms with Crippen LogP contribution in [0, 0.1) is 12.7 Å². The number of halogens is 1. The summed E-state index contributed by atoms with van der Waals surface area (Å²) in [6, 6.07) is 1.12. The van der Waals surface area contributed by atoms with Crippen LogP contribution in [0.1, 0.15) is 21.1 Å². The van der Waals surface area contributed by atoms with Crippen molar-refractivity contribution in [2.45, 2.75) is 13.5 Å². The van der Waals surface area contributed by atoms with Gasteiger partial charge in [-0.15, -0.1) is 11.3 Å². The molecule has 0 aromatic carbocycles. The fourth-order valence-electron chi connectivity index (χ4n) is 1.38. The van der Waals surface area contributed by atoms with Gasteiger partial charge in [0.25, 0.3) is 0 Å². The smallest absolute Gasteiger partial charge is 0.338 e. The molecule has 0 saturated carbocycles. The maximum Gasteiger partial charge on any atom is 0.338 e. The summed E-state index contributed by atoms with van der Waals surface area (Å²) in [5.41, 5.74) is 0.493. The van der Waals surface area contributed by atoms with E-state index >= 15 is 0 Å². The van der Waals surface area contributed by atoms with E-state index in [1.54, 1.807) is 0 Å². The number of aryl methyl sites for hydroxylation is 1. The Morgan fingerprint density at radius 3 is 3.00 bits per heavy atom. The van der Waals surface area contributed by atoms with Gasteiger partial charge in [-0.3, -0.25) is 0 Å². The summed E-state index contributed by atoms with van der Waals surface area (Å²) in [4.78, 5) is 18.7. The number of rotatable bonds is 4. The van der Waals surface area contributed by atoms with Crippen molar-refractivity contribution in [2.24, 2.45) is 0 Å². The van der Waals surface area contributed by atoms with Crippen LogP contribution in [0.15, 0.2) is 17.6 Å². The van der Waals surface area contributed by atoms with Crippen molar-refractivity contribution in [3.05, 3.63) is 39.7 Å². The van der Waals surface area contributed by atoms with Crippen molar-refractivity contribution in [3.63, 3.8) is 0 Å². The van der Waals surface area contributed by atoms with Crippen LogP contribution in [0.5, 0.6) is 0 Å². The molecule has 0 aliphatic heterocycles. The number of hydrogen-bond acceptors (Lipinski definition) is 5. The Hall–Kier alpha value is -2.02. The molecule has 2 aromatic rings. The maximum absolute atomic E-state index is 13.7. The van der Waals surface area contributed by atoms with E-state index in [4.69, 9.17) is 5.11 Å². The lowest BCUT2D eigenvalue weighted by Crippen LogP contribution is -2.08. The minimum atomic E-state index is -1.32. The van der Waals surface area contributed by atoms with Gasteiger partial charge in [0.05, 0.1) is 6.54 Å². The summed E-state index contributed by atoms with van der Waals surface area (Å²) in [6.45, 7) is 2.18. The van der Waals surface area contributed by atoms with Gasteiger partial charge in [-0.2, -0.15) is 0 Å². The first kappa shape index (κ1) is 12.4. The predicted molar refractivity (Wildman–Crippen MR) is 65.3 cm³/mol. The lowest BCUT2D eigenvalue weighted by molar-refractivity contribution is 0.0692. The van der Waals surface area contributed by atoms with Gasteiger partial charge in [0.1, 0.15) is 10.6 Å². The van der Waals surface area contributed by atoms with Crippen molar-refractivity contribution in [2.75, 3.05) is 5.32 Å². The Labute approximate surface area is 106 Å². The van der Waals surface area contributed by atoms with Gasteiger partial charge in [-0.1, -0.05) is 0 Å². The van der Waals surface area contributed by atoms with E-state index < -0.39 is 17.3 Å². The van der Waals surface area contributed by atoms with E-state index in [2.05, 4.69) is 15.3 Å². The molecule has 0 aliphatic carbocycles. The minimum absolute atomic E-state index is 0.0808. The Balaban J connectivity index is 2.14. The fourth-order valence-corrected chi connectivity index (χ4v) is 2.09. The molecule has 0 amide bonds. The van der Waals surface area contributed by atoms with E-state index in [0.29, 0.717) is 6.54 Å². The highest BCUT2D eigenvalue weighted by atomic mass is 32.1. The van der Waals surface area contributed by atoms with E-state index in [9.17, 15) is 9.18 Å². The van der Waals surface area contributed by atoms with E-state index in [1.807, 2.05) is 12.3 Å². The number of hydrogen-bond donors (Lipinski definition) is 2. The SMILES string of the molecule is Cc1csc(CNc2nccc(C(=O)O)c2F)n1. The van der Waals surface area contributed by atoms with Crippen molar-refractivity contribution >= 4 is 23.1 Å². The zero-order valence-corrected chi connectivity index (χ0v) is 10.3. The second kappa shape index (κ2) is 5.09. The van der Waals surface area contributed by atoms with Gasteiger partial charge in [0.15, 0.2) is 11.6 Å². The molecule has 0 unspecified atom stereocenters. The third-order valence-electron chi connectivity index (χ3n) is 2.19. The molecular formula is C11H10FN3O2S.